The summed E-state index contributed by atoms with van der Waals surface area (Å²) in [6.45, 7) is 5.03. The summed E-state index contributed by atoms with van der Waals surface area (Å²) in [7, 11) is 0. The highest BCUT2D eigenvalue weighted by Crippen LogP contribution is 2.14. The first-order chi connectivity index (χ1) is 7.18. The van der Waals surface area contributed by atoms with Crippen LogP contribution in [0.15, 0.2) is 0 Å². The minimum absolute atomic E-state index is 0.185. The molecule has 0 fully saturated rings. The van der Waals surface area contributed by atoms with Crippen molar-refractivity contribution in [2.75, 3.05) is 13.2 Å². The summed E-state index contributed by atoms with van der Waals surface area (Å²) in [5.74, 6) is 0. The summed E-state index contributed by atoms with van der Waals surface area (Å²) in [4.78, 5) is 0. The molecule has 0 aromatic carbocycles. The standard InChI is InChI=1S/C12H24N2O/c1-3-4-5-6-8-12(2,11-13)14-9-7-10-15/h14-15H,3-10H2,1-2H3. The maximum atomic E-state index is 9.07. The van der Waals surface area contributed by atoms with E-state index in [0.717, 1.165) is 12.8 Å². The summed E-state index contributed by atoms with van der Waals surface area (Å²) >= 11 is 0. The number of aliphatic hydroxyl groups is 1. The molecule has 1 unspecified atom stereocenters. The van der Waals surface area contributed by atoms with Crippen LogP contribution in [0.2, 0.25) is 0 Å². The zero-order valence-corrected chi connectivity index (χ0v) is 10.1. The number of nitrogens with one attached hydrogen (secondary N) is 1. The van der Waals surface area contributed by atoms with Crippen molar-refractivity contribution in [2.24, 2.45) is 0 Å². The van der Waals surface area contributed by atoms with Crippen molar-refractivity contribution < 1.29 is 5.11 Å². The molecule has 88 valence electrons. The number of hydrogen-bond donors (Lipinski definition) is 2. The third-order valence-electron chi connectivity index (χ3n) is 2.63. The zero-order valence-electron chi connectivity index (χ0n) is 10.1. The first-order valence-electron chi connectivity index (χ1n) is 5.95. The van der Waals surface area contributed by atoms with Crippen LogP contribution in [0.1, 0.15) is 52.4 Å². The Morgan fingerprint density at radius 3 is 2.53 bits per heavy atom. The summed E-state index contributed by atoms with van der Waals surface area (Å²) in [5, 5.41) is 20.9. The normalized spacial score (nSPS) is 14.5. The first-order valence-corrected chi connectivity index (χ1v) is 5.95. The van der Waals surface area contributed by atoms with E-state index in [1.54, 1.807) is 0 Å². The second-order valence-corrected chi connectivity index (χ2v) is 4.26. The lowest BCUT2D eigenvalue weighted by Crippen LogP contribution is -2.41. The highest BCUT2D eigenvalue weighted by atomic mass is 16.3. The highest BCUT2D eigenvalue weighted by Gasteiger charge is 2.21. The molecule has 0 aromatic heterocycles. The molecule has 3 nitrogen and oxygen atoms in total. The van der Waals surface area contributed by atoms with Crippen molar-refractivity contribution in [1.29, 1.82) is 5.26 Å². The number of unbranched alkanes of at least 4 members (excludes halogenated alkanes) is 3. The average Bonchev–Trinajstić information content (AvgIpc) is 2.25. The Labute approximate surface area is 93.5 Å². The molecule has 1 atom stereocenters. The van der Waals surface area contributed by atoms with Gasteiger partial charge in [0.25, 0.3) is 0 Å². The fraction of sp³-hybridized carbons (Fsp3) is 0.917. The van der Waals surface area contributed by atoms with E-state index < -0.39 is 5.54 Å². The summed E-state index contributed by atoms with van der Waals surface area (Å²) in [6, 6.07) is 2.32. The van der Waals surface area contributed by atoms with Gasteiger partial charge in [-0.2, -0.15) is 5.26 Å². The largest absolute Gasteiger partial charge is 0.396 e. The maximum absolute atomic E-state index is 9.07. The van der Waals surface area contributed by atoms with E-state index in [2.05, 4.69) is 18.3 Å². The van der Waals surface area contributed by atoms with Crippen molar-refractivity contribution in [3.05, 3.63) is 0 Å². The highest BCUT2D eigenvalue weighted by molar-refractivity contribution is 5.03. The molecule has 0 radical (unpaired) electrons. The fourth-order valence-electron chi connectivity index (χ4n) is 1.53. The number of rotatable bonds is 9. The molecule has 2 N–H and O–H groups in total. The Kier molecular flexibility index (Phi) is 8.35. The topological polar surface area (TPSA) is 56.0 Å². The van der Waals surface area contributed by atoms with Crippen molar-refractivity contribution in [1.82, 2.24) is 5.32 Å². The minimum Gasteiger partial charge on any atom is -0.396 e. The van der Waals surface area contributed by atoms with Crippen LogP contribution in [0.25, 0.3) is 0 Å². The Balaban J connectivity index is 3.71. The second kappa shape index (κ2) is 8.70. The van der Waals surface area contributed by atoms with Crippen molar-refractivity contribution in [3.8, 4) is 6.07 Å². The van der Waals surface area contributed by atoms with Crippen molar-refractivity contribution in [3.63, 3.8) is 0 Å². The Morgan fingerprint density at radius 1 is 1.27 bits per heavy atom. The van der Waals surface area contributed by atoms with Gasteiger partial charge >= 0.3 is 0 Å². The van der Waals surface area contributed by atoms with Gasteiger partial charge in [0.15, 0.2) is 0 Å². The van der Waals surface area contributed by atoms with Crippen molar-refractivity contribution in [2.45, 2.75) is 57.9 Å². The summed E-state index contributed by atoms with van der Waals surface area (Å²) in [5.41, 5.74) is -0.414. The molecule has 15 heavy (non-hydrogen) atoms. The molecule has 0 saturated carbocycles. The maximum Gasteiger partial charge on any atom is 0.103 e. The van der Waals surface area contributed by atoms with Gasteiger partial charge in [-0.1, -0.05) is 32.6 Å². The quantitative estimate of drug-likeness (QED) is 0.576. The second-order valence-electron chi connectivity index (χ2n) is 4.26. The van der Waals surface area contributed by atoms with E-state index in [1.165, 1.54) is 19.3 Å². The molecule has 0 rings (SSSR count). The zero-order chi connectivity index (χ0) is 11.6. The van der Waals surface area contributed by atoms with Gasteiger partial charge in [-0.05, 0) is 26.3 Å². The molecule has 0 aliphatic heterocycles. The number of nitrogens with zero attached hydrogens (tertiary/aromatic N) is 1. The Morgan fingerprint density at radius 2 is 2.00 bits per heavy atom. The number of nitriles is 1. The van der Waals surface area contributed by atoms with Gasteiger partial charge in [-0.25, -0.2) is 0 Å². The van der Waals surface area contributed by atoms with E-state index in [9.17, 15) is 0 Å². The fourth-order valence-corrected chi connectivity index (χ4v) is 1.53. The molecule has 0 aliphatic carbocycles. The van der Waals surface area contributed by atoms with E-state index in [4.69, 9.17) is 10.4 Å². The van der Waals surface area contributed by atoms with Crippen LogP contribution < -0.4 is 5.32 Å². The van der Waals surface area contributed by atoms with Gasteiger partial charge in [0.05, 0.1) is 6.07 Å². The van der Waals surface area contributed by atoms with Gasteiger partial charge in [0.1, 0.15) is 5.54 Å². The number of aliphatic hydroxyl groups excluding tert-OH is 1. The lowest BCUT2D eigenvalue weighted by atomic mass is 9.95. The van der Waals surface area contributed by atoms with Crippen LogP contribution in [0.4, 0.5) is 0 Å². The van der Waals surface area contributed by atoms with Gasteiger partial charge in [0, 0.05) is 6.61 Å². The summed E-state index contributed by atoms with van der Waals surface area (Å²) < 4.78 is 0. The predicted octanol–water partition coefficient (Wildman–Crippen LogP) is 2.21. The predicted molar refractivity (Wildman–Crippen MR) is 62.5 cm³/mol. The third-order valence-corrected chi connectivity index (χ3v) is 2.63. The molecule has 3 heteroatoms. The van der Waals surface area contributed by atoms with Crippen LogP contribution >= 0.6 is 0 Å². The minimum atomic E-state index is -0.414. The van der Waals surface area contributed by atoms with Gasteiger partial charge < -0.3 is 5.11 Å². The van der Waals surface area contributed by atoms with Gasteiger partial charge in [0.2, 0.25) is 0 Å². The lowest BCUT2D eigenvalue weighted by molar-refractivity contribution is 0.277. The molecular weight excluding hydrogens is 188 g/mol. The molecule has 0 spiro atoms. The van der Waals surface area contributed by atoms with Gasteiger partial charge in [-0.3, -0.25) is 5.32 Å². The molecule has 0 aromatic rings. The molecule has 0 saturated heterocycles. The lowest BCUT2D eigenvalue weighted by Gasteiger charge is -2.23. The van der Waals surface area contributed by atoms with Crippen LogP contribution in [0.3, 0.4) is 0 Å². The van der Waals surface area contributed by atoms with E-state index in [-0.39, 0.29) is 6.61 Å². The molecule has 0 bridgehead atoms. The first kappa shape index (κ1) is 14.4. The van der Waals surface area contributed by atoms with Gasteiger partial charge in [-0.15, -0.1) is 0 Å². The Bertz CT molecular complexity index is 189. The molecular formula is C12H24N2O. The molecule has 0 aliphatic rings. The smallest absolute Gasteiger partial charge is 0.103 e. The summed E-state index contributed by atoms with van der Waals surface area (Å²) in [6.07, 6.45) is 6.39. The monoisotopic (exact) mass is 212 g/mol. The Hall–Kier alpha value is -0.590. The average molecular weight is 212 g/mol. The molecule has 0 heterocycles. The molecule has 0 amide bonds. The van der Waals surface area contributed by atoms with Crippen LogP contribution in [-0.2, 0) is 0 Å². The van der Waals surface area contributed by atoms with Crippen LogP contribution in [0.5, 0.6) is 0 Å². The number of hydrogen-bond acceptors (Lipinski definition) is 3. The van der Waals surface area contributed by atoms with Crippen LogP contribution in [0, 0.1) is 11.3 Å². The SMILES string of the molecule is CCCCCCC(C)(C#N)NCCCO. The van der Waals surface area contributed by atoms with E-state index >= 15 is 0 Å². The van der Waals surface area contributed by atoms with Crippen LogP contribution in [-0.4, -0.2) is 23.8 Å². The third kappa shape index (κ3) is 7.35. The van der Waals surface area contributed by atoms with Crippen molar-refractivity contribution >= 4 is 0 Å². The van der Waals surface area contributed by atoms with E-state index in [1.807, 2.05) is 6.92 Å². The van der Waals surface area contributed by atoms with E-state index in [0.29, 0.717) is 13.0 Å².